The molecule has 0 fully saturated rings. The number of nitrogens with zero attached hydrogens (tertiary/aromatic N) is 4. The average molecular weight is 621 g/mol. The summed E-state index contributed by atoms with van der Waals surface area (Å²) in [5.74, 6) is -0.999. The van der Waals surface area contributed by atoms with Gasteiger partial charge < -0.3 is 9.47 Å². The van der Waals surface area contributed by atoms with Crippen molar-refractivity contribution in [1.29, 1.82) is 5.26 Å². The SMILES string of the molecule is CC(=O)OCCCN1C(=O)C(C#N)=C(C)/C(=C\c2cn(-c3ccccc3)nc2-c2ccc(OCc3ccc(Cl)cc3)cc2)C1=O. The van der Waals surface area contributed by atoms with Crippen molar-refractivity contribution in [3.05, 3.63) is 118 Å². The molecule has 0 spiro atoms. The molecule has 0 N–H and O–H groups in total. The molecule has 5 rings (SSSR count). The van der Waals surface area contributed by atoms with Crippen molar-refractivity contribution < 1.29 is 23.9 Å². The summed E-state index contributed by atoms with van der Waals surface area (Å²) in [5.41, 5.74) is 4.14. The Hall–Kier alpha value is -5.46. The molecule has 0 atom stereocenters. The number of ether oxygens (including phenoxy) is 2. The lowest BCUT2D eigenvalue weighted by Gasteiger charge is -2.27. The van der Waals surface area contributed by atoms with Gasteiger partial charge in [-0.1, -0.05) is 41.9 Å². The molecule has 3 aromatic carbocycles. The molecule has 2 heterocycles. The van der Waals surface area contributed by atoms with Gasteiger partial charge in [0, 0.05) is 41.4 Å². The Morgan fingerprint density at radius 3 is 2.38 bits per heavy atom. The van der Waals surface area contributed by atoms with Gasteiger partial charge in [0.05, 0.1) is 18.0 Å². The quantitative estimate of drug-likeness (QED) is 0.0882. The third-order valence-electron chi connectivity index (χ3n) is 7.17. The van der Waals surface area contributed by atoms with E-state index in [4.69, 9.17) is 26.2 Å². The van der Waals surface area contributed by atoms with Gasteiger partial charge >= 0.3 is 5.97 Å². The third-order valence-corrected chi connectivity index (χ3v) is 7.42. The topological polar surface area (TPSA) is 115 Å². The third kappa shape index (κ3) is 7.20. The van der Waals surface area contributed by atoms with E-state index in [0.717, 1.165) is 21.7 Å². The van der Waals surface area contributed by atoms with E-state index in [1.165, 1.54) is 6.92 Å². The number of rotatable bonds is 10. The summed E-state index contributed by atoms with van der Waals surface area (Å²) >= 11 is 5.98. The molecule has 0 radical (unpaired) electrons. The van der Waals surface area contributed by atoms with Crippen LogP contribution in [0.25, 0.3) is 23.0 Å². The van der Waals surface area contributed by atoms with E-state index in [2.05, 4.69) is 0 Å². The lowest BCUT2D eigenvalue weighted by molar-refractivity contribution is -0.141. The number of para-hydroxylation sites is 1. The van der Waals surface area contributed by atoms with Crippen molar-refractivity contribution in [2.24, 2.45) is 0 Å². The number of benzene rings is 3. The first-order valence-corrected chi connectivity index (χ1v) is 14.6. The highest BCUT2D eigenvalue weighted by molar-refractivity contribution is 6.30. The zero-order valence-corrected chi connectivity index (χ0v) is 25.5. The van der Waals surface area contributed by atoms with E-state index in [0.29, 0.717) is 28.6 Å². The number of aromatic nitrogens is 2. The van der Waals surface area contributed by atoms with Crippen LogP contribution in [0.2, 0.25) is 5.02 Å². The van der Waals surface area contributed by atoms with Gasteiger partial charge in [0.2, 0.25) is 0 Å². The molecule has 1 aliphatic heterocycles. The van der Waals surface area contributed by atoms with Crippen LogP contribution in [0, 0.1) is 11.3 Å². The smallest absolute Gasteiger partial charge is 0.302 e. The standard InChI is InChI=1S/C35H29ClN4O5/c1-23-31(34(42)39(35(43)32(23)20-37)17-6-18-44-24(2)41)19-27-21-40(29-7-4-3-5-8-29)38-33(27)26-11-15-30(16-12-26)45-22-25-9-13-28(36)14-10-25/h3-5,7-16,19,21H,6,17-18,22H2,1-2H3/b31-19+. The van der Waals surface area contributed by atoms with Gasteiger partial charge in [0.15, 0.2) is 0 Å². The summed E-state index contributed by atoms with van der Waals surface area (Å²) in [7, 11) is 0. The number of imide groups is 1. The Bertz CT molecular complexity index is 1840. The van der Waals surface area contributed by atoms with Crippen molar-refractivity contribution in [3.63, 3.8) is 0 Å². The largest absolute Gasteiger partial charge is 0.489 e. The minimum absolute atomic E-state index is 0.00559. The maximum absolute atomic E-state index is 13.7. The van der Waals surface area contributed by atoms with Crippen LogP contribution >= 0.6 is 11.6 Å². The van der Waals surface area contributed by atoms with E-state index in [1.54, 1.807) is 23.9 Å². The number of halogens is 1. The molecule has 0 bridgehead atoms. The van der Waals surface area contributed by atoms with Crippen LogP contribution in [-0.4, -0.2) is 45.6 Å². The maximum atomic E-state index is 13.7. The van der Waals surface area contributed by atoms with Crippen LogP contribution in [-0.2, 0) is 25.7 Å². The summed E-state index contributed by atoms with van der Waals surface area (Å²) in [4.78, 5) is 38.8. The molecule has 1 aliphatic rings. The molecule has 45 heavy (non-hydrogen) atoms. The average Bonchev–Trinajstić information content (AvgIpc) is 3.47. The monoisotopic (exact) mass is 620 g/mol. The van der Waals surface area contributed by atoms with Gasteiger partial charge in [-0.25, -0.2) is 4.68 Å². The predicted molar refractivity (Wildman–Crippen MR) is 169 cm³/mol. The Kier molecular flexibility index (Phi) is 9.56. The first-order chi connectivity index (χ1) is 21.7. The molecule has 0 saturated heterocycles. The summed E-state index contributed by atoms with van der Waals surface area (Å²) in [6.45, 7) is 3.29. The normalized spacial score (nSPS) is 14.1. The highest BCUT2D eigenvalue weighted by Gasteiger charge is 2.35. The minimum atomic E-state index is -0.672. The Morgan fingerprint density at radius 2 is 1.71 bits per heavy atom. The summed E-state index contributed by atoms with van der Waals surface area (Å²) in [6.07, 6.45) is 3.70. The second-order valence-electron chi connectivity index (χ2n) is 10.3. The molecule has 0 saturated carbocycles. The molecular formula is C35H29ClN4O5. The second kappa shape index (κ2) is 13.9. The zero-order chi connectivity index (χ0) is 31.9. The van der Waals surface area contributed by atoms with E-state index in [1.807, 2.05) is 84.9 Å². The predicted octanol–water partition coefficient (Wildman–Crippen LogP) is 6.32. The Labute approximate surface area is 265 Å². The van der Waals surface area contributed by atoms with Crippen LogP contribution in [0.4, 0.5) is 0 Å². The summed E-state index contributed by atoms with van der Waals surface area (Å²) in [6, 6.07) is 26.4. The maximum Gasteiger partial charge on any atom is 0.302 e. The van der Waals surface area contributed by atoms with Crippen LogP contribution in [0.15, 0.2) is 102 Å². The number of hydrogen-bond acceptors (Lipinski definition) is 7. The molecule has 1 aromatic heterocycles. The van der Waals surface area contributed by atoms with Crippen LogP contribution in [0.5, 0.6) is 5.75 Å². The molecule has 0 unspecified atom stereocenters. The van der Waals surface area contributed by atoms with E-state index >= 15 is 0 Å². The van der Waals surface area contributed by atoms with Gasteiger partial charge in [-0.15, -0.1) is 0 Å². The van der Waals surface area contributed by atoms with E-state index < -0.39 is 17.8 Å². The number of esters is 1. The zero-order valence-electron chi connectivity index (χ0n) is 24.7. The first-order valence-electron chi connectivity index (χ1n) is 14.2. The Morgan fingerprint density at radius 1 is 1.00 bits per heavy atom. The molecule has 10 heteroatoms. The van der Waals surface area contributed by atoms with E-state index in [9.17, 15) is 19.6 Å². The van der Waals surface area contributed by atoms with Crippen LogP contribution < -0.4 is 4.74 Å². The van der Waals surface area contributed by atoms with E-state index in [-0.39, 0.29) is 36.3 Å². The number of nitriles is 1. The highest BCUT2D eigenvalue weighted by Crippen LogP contribution is 2.32. The van der Waals surface area contributed by atoms with Crippen molar-refractivity contribution in [1.82, 2.24) is 14.7 Å². The second-order valence-corrected chi connectivity index (χ2v) is 10.7. The van der Waals surface area contributed by atoms with Crippen molar-refractivity contribution in [2.45, 2.75) is 26.9 Å². The summed E-state index contributed by atoms with van der Waals surface area (Å²) < 4.78 is 12.6. The van der Waals surface area contributed by atoms with Gasteiger partial charge in [-0.3, -0.25) is 19.3 Å². The van der Waals surface area contributed by atoms with Gasteiger partial charge in [0.1, 0.15) is 24.0 Å². The van der Waals surface area contributed by atoms with Crippen LogP contribution in [0.1, 0.15) is 31.4 Å². The number of hydrogen-bond donors (Lipinski definition) is 0. The van der Waals surface area contributed by atoms with Gasteiger partial charge in [-0.2, -0.15) is 10.4 Å². The van der Waals surface area contributed by atoms with Gasteiger partial charge in [-0.05, 0) is 79.1 Å². The van der Waals surface area contributed by atoms with Crippen LogP contribution in [0.3, 0.4) is 0 Å². The fraction of sp³-hybridized carbons (Fsp3) is 0.171. The fourth-order valence-electron chi connectivity index (χ4n) is 4.81. The first kappa shape index (κ1) is 31.0. The Balaban J connectivity index is 1.49. The van der Waals surface area contributed by atoms with Crippen molar-refractivity contribution >= 4 is 35.5 Å². The minimum Gasteiger partial charge on any atom is -0.489 e. The van der Waals surface area contributed by atoms with Crippen molar-refractivity contribution in [2.75, 3.05) is 13.2 Å². The van der Waals surface area contributed by atoms with Crippen molar-refractivity contribution in [3.8, 4) is 28.8 Å². The molecule has 226 valence electrons. The highest BCUT2D eigenvalue weighted by atomic mass is 35.5. The molecule has 9 nitrogen and oxygen atoms in total. The number of amides is 2. The fourth-order valence-corrected chi connectivity index (χ4v) is 4.94. The number of carbonyl (C=O) groups excluding carboxylic acids is 3. The lowest BCUT2D eigenvalue weighted by atomic mass is 9.93. The van der Waals surface area contributed by atoms with Gasteiger partial charge in [0.25, 0.3) is 11.8 Å². The summed E-state index contributed by atoms with van der Waals surface area (Å²) in [5, 5.41) is 15.3. The molecule has 0 aliphatic carbocycles. The lowest BCUT2D eigenvalue weighted by Crippen LogP contribution is -2.43. The molecule has 2 amide bonds. The molecule has 4 aromatic rings. The number of carbonyl (C=O) groups is 3. The molecular weight excluding hydrogens is 592 g/mol.